The molecule has 0 aliphatic rings. The largest absolute Gasteiger partial charge is 0.388 e. The molecule has 0 amide bonds. The first-order valence-electron chi connectivity index (χ1n) is 2.06. The van der Waals surface area contributed by atoms with Crippen molar-refractivity contribution >= 4 is 16.9 Å². The predicted molar refractivity (Wildman–Crippen MR) is 31.6 cm³/mol. The Morgan fingerprint density at radius 3 is 2.88 bits per heavy atom. The molecule has 48 valence electrons. The minimum atomic E-state index is -0.409. The molecule has 0 spiro atoms. The lowest BCUT2D eigenvalue weighted by molar-refractivity contribution is -0.113. The molecule has 1 N–H and O–H groups in total. The summed E-state index contributed by atoms with van der Waals surface area (Å²) in [6.45, 7) is -0.409. The van der Waals surface area contributed by atoms with Crippen molar-refractivity contribution in [3.63, 3.8) is 0 Å². The number of ether oxygens (including phenoxy) is 1. The predicted octanol–water partition coefficient (Wildman–Crippen LogP) is -0.158. The smallest absolute Gasteiger partial charge is 0.216 e. The van der Waals surface area contributed by atoms with Gasteiger partial charge in [-0.1, -0.05) is 11.8 Å². The molecule has 4 heteroatoms. The van der Waals surface area contributed by atoms with Crippen molar-refractivity contribution in [1.29, 1.82) is 0 Å². The van der Waals surface area contributed by atoms with Gasteiger partial charge in [-0.15, -0.1) is 0 Å². The maximum atomic E-state index is 10.2. The molecule has 0 bridgehead atoms. The lowest BCUT2D eigenvalue weighted by Gasteiger charge is -1.92. The van der Waals surface area contributed by atoms with Crippen LogP contribution < -0.4 is 0 Å². The maximum Gasteiger partial charge on any atom is 0.216 e. The third kappa shape index (κ3) is 4.11. The number of hydrogen-bond donors (Lipinski definition) is 1. The zero-order valence-corrected chi connectivity index (χ0v) is 5.40. The van der Waals surface area contributed by atoms with Gasteiger partial charge in [0.1, 0.15) is 6.61 Å². The number of rotatable bonds is 3. The van der Waals surface area contributed by atoms with Crippen molar-refractivity contribution in [3.8, 4) is 0 Å². The number of aliphatic hydroxyl groups excluding tert-OH is 1. The summed E-state index contributed by atoms with van der Waals surface area (Å²) in [7, 11) is 1.50. The van der Waals surface area contributed by atoms with Gasteiger partial charge < -0.3 is 9.84 Å². The normalized spacial score (nSPS) is 9.25. The second-order valence-corrected chi connectivity index (χ2v) is 2.06. The number of hydrogen-bond acceptors (Lipinski definition) is 4. The molecule has 0 unspecified atom stereocenters. The van der Waals surface area contributed by atoms with Crippen LogP contribution in [0, 0.1) is 0 Å². The summed E-state index contributed by atoms with van der Waals surface area (Å²) in [4.78, 5) is 10.2. The molecule has 8 heavy (non-hydrogen) atoms. The lowest BCUT2D eigenvalue weighted by atomic mass is 10.8. The molecule has 0 aromatic carbocycles. The molecular formula is C4H8O3S. The highest BCUT2D eigenvalue weighted by Crippen LogP contribution is 1.98. The summed E-state index contributed by atoms with van der Waals surface area (Å²) in [6.07, 6.45) is 0. The highest BCUT2D eigenvalue weighted by Gasteiger charge is 1.96. The van der Waals surface area contributed by atoms with E-state index in [1.807, 2.05) is 0 Å². The number of carbonyl (C=O) groups excluding carboxylic acids is 1. The van der Waals surface area contributed by atoms with E-state index in [-0.39, 0.29) is 5.12 Å². The Morgan fingerprint density at radius 2 is 2.50 bits per heavy atom. The van der Waals surface area contributed by atoms with Crippen LogP contribution in [0.4, 0.5) is 0 Å². The number of thioether (sulfide) groups is 1. The van der Waals surface area contributed by atoms with Gasteiger partial charge in [0.25, 0.3) is 0 Å². The van der Waals surface area contributed by atoms with E-state index in [0.717, 1.165) is 11.8 Å². The highest BCUT2D eigenvalue weighted by atomic mass is 32.2. The van der Waals surface area contributed by atoms with Crippen molar-refractivity contribution < 1.29 is 14.6 Å². The van der Waals surface area contributed by atoms with Crippen molar-refractivity contribution in [2.75, 3.05) is 19.7 Å². The van der Waals surface area contributed by atoms with E-state index >= 15 is 0 Å². The third-order valence-electron chi connectivity index (χ3n) is 0.467. The number of methoxy groups -OCH3 is 1. The van der Waals surface area contributed by atoms with Gasteiger partial charge in [0.05, 0.1) is 5.94 Å². The molecule has 0 atom stereocenters. The molecule has 0 saturated carbocycles. The van der Waals surface area contributed by atoms with Gasteiger partial charge in [0, 0.05) is 7.11 Å². The van der Waals surface area contributed by atoms with Crippen LogP contribution in [0.3, 0.4) is 0 Å². The average Bonchev–Trinajstić information content (AvgIpc) is 1.83. The van der Waals surface area contributed by atoms with Gasteiger partial charge in [-0.2, -0.15) is 0 Å². The Balaban J connectivity index is 2.99. The first-order valence-corrected chi connectivity index (χ1v) is 3.05. The minimum Gasteiger partial charge on any atom is -0.388 e. The second kappa shape index (κ2) is 5.08. The zero-order chi connectivity index (χ0) is 6.41. The third-order valence-corrected chi connectivity index (χ3v) is 1.27. The summed E-state index contributed by atoms with van der Waals surface area (Å²) in [5.41, 5.74) is 0. The summed E-state index contributed by atoms with van der Waals surface area (Å²) in [6, 6.07) is 0. The van der Waals surface area contributed by atoms with Gasteiger partial charge in [-0.25, -0.2) is 0 Å². The van der Waals surface area contributed by atoms with Crippen LogP contribution in [-0.2, 0) is 9.53 Å². The van der Waals surface area contributed by atoms with Gasteiger partial charge in [-0.05, 0) is 0 Å². The molecule has 0 fully saturated rings. The summed E-state index contributed by atoms with van der Waals surface area (Å²) < 4.78 is 4.55. The average molecular weight is 136 g/mol. The van der Waals surface area contributed by atoms with Crippen LogP contribution in [0.2, 0.25) is 0 Å². The first-order chi connectivity index (χ1) is 3.81. The first kappa shape index (κ1) is 7.94. The molecule has 0 heterocycles. The van der Waals surface area contributed by atoms with Crippen LogP contribution in [-0.4, -0.2) is 29.9 Å². The van der Waals surface area contributed by atoms with Gasteiger partial charge in [0.15, 0.2) is 0 Å². The van der Waals surface area contributed by atoms with Gasteiger partial charge >= 0.3 is 0 Å². The van der Waals surface area contributed by atoms with E-state index in [4.69, 9.17) is 5.11 Å². The standard InChI is InChI=1S/C4H8O3S/c1-7-3-8-4(6)2-5/h5H,2-3H2,1H3. The van der Waals surface area contributed by atoms with E-state index in [9.17, 15) is 4.79 Å². The van der Waals surface area contributed by atoms with E-state index in [2.05, 4.69) is 4.74 Å². The number of carbonyl (C=O) groups is 1. The SMILES string of the molecule is COCSC(=O)CO. The van der Waals surface area contributed by atoms with Gasteiger partial charge in [0.2, 0.25) is 5.12 Å². The molecule has 3 nitrogen and oxygen atoms in total. The Bertz CT molecular complexity index is 73.7. The Hall–Kier alpha value is -0.0600. The lowest BCUT2D eigenvalue weighted by Crippen LogP contribution is -1.98. The van der Waals surface area contributed by atoms with Crippen LogP contribution in [0.5, 0.6) is 0 Å². The van der Waals surface area contributed by atoms with Crippen LogP contribution in [0.1, 0.15) is 0 Å². The second-order valence-electron chi connectivity index (χ2n) is 1.08. The fourth-order valence-electron chi connectivity index (χ4n) is 0.170. The van der Waals surface area contributed by atoms with Gasteiger partial charge in [-0.3, -0.25) is 4.79 Å². The zero-order valence-electron chi connectivity index (χ0n) is 4.59. The quantitative estimate of drug-likeness (QED) is 0.548. The van der Waals surface area contributed by atoms with Crippen molar-refractivity contribution in [2.45, 2.75) is 0 Å². The van der Waals surface area contributed by atoms with Crippen LogP contribution >= 0.6 is 11.8 Å². The molecule has 0 aliphatic carbocycles. The Labute approximate surface area is 52.0 Å². The topological polar surface area (TPSA) is 46.5 Å². The molecule has 0 aliphatic heterocycles. The van der Waals surface area contributed by atoms with E-state index < -0.39 is 6.61 Å². The molecule has 0 saturated heterocycles. The van der Waals surface area contributed by atoms with Crippen LogP contribution in [0.25, 0.3) is 0 Å². The minimum absolute atomic E-state index is 0.258. The molecular weight excluding hydrogens is 128 g/mol. The molecule has 0 aromatic heterocycles. The molecule has 0 radical (unpaired) electrons. The summed E-state index contributed by atoms with van der Waals surface area (Å²) >= 11 is 0.965. The number of aliphatic hydroxyl groups is 1. The Morgan fingerprint density at radius 1 is 1.88 bits per heavy atom. The van der Waals surface area contributed by atoms with E-state index in [1.165, 1.54) is 7.11 Å². The van der Waals surface area contributed by atoms with Crippen LogP contribution in [0.15, 0.2) is 0 Å². The van der Waals surface area contributed by atoms with Crippen molar-refractivity contribution in [1.82, 2.24) is 0 Å². The fourth-order valence-corrected chi connectivity index (χ4v) is 0.511. The highest BCUT2D eigenvalue weighted by molar-refractivity contribution is 8.13. The fraction of sp³-hybridized carbons (Fsp3) is 0.750. The van der Waals surface area contributed by atoms with Crippen molar-refractivity contribution in [2.24, 2.45) is 0 Å². The monoisotopic (exact) mass is 136 g/mol. The molecule has 0 aromatic rings. The Kier molecular flexibility index (Phi) is 5.05. The van der Waals surface area contributed by atoms with Crippen molar-refractivity contribution in [3.05, 3.63) is 0 Å². The summed E-state index contributed by atoms with van der Waals surface area (Å²) in [5.74, 6) is 0.319. The molecule has 0 rings (SSSR count). The maximum absolute atomic E-state index is 10.2. The van der Waals surface area contributed by atoms with E-state index in [0.29, 0.717) is 5.94 Å². The van der Waals surface area contributed by atoms with E-state index in [1.54, 1.807) is 0 Å². The summed E-state index contributed by atoms with van der Waals surface area (Å²) in [5, 5.41) is 7.88.